The molecular weight excluding hydrogens is 303 g/mol. The molecule has 7 heteroatoms. The SMILES string of the molecule is CCOP(O)(=S)SCSc1ccc(Cl)cc1. The van der Waals surface area contributed by atoms with Crippen LogP contribution in [0.5, 0.6) is 0 Å². The maximum Gasteiger partial charge on any atom is 0.245 e. The second kappa shape index (κ2) is 7.27. The highest BCUT2D eigenvalue weighted by Gasteiger charge is 2.13. The Morgan fingerprint density at radius 1 is 1.44 bits per heavy atom. The minimum absolute atomic E-state index is 0.451. The molecule has 0 heterocycles. The quantitative estimate of drug-likeness (QED) is 0.478. The van der Waals surface area contributed by atoms with Crippen molar-refractivity contribution < 1.29 is 9.42 Å². The molecule has 2 nitrogen and oxygen atoms in total. The summed E-state index contributed by atoms with van der Waals surface area (Å²) < 4.78 is 5.10. The van der Waals surface area contributed by atoms with E-state index in [9.17, 15) is 4.89 Å². The standard InChI is InChI=1S/C9H12ClO2PS3/c1-2-12-13(11,14)16-7-15-9-5-3-8(10)4-6-9/h3-6H,2,7H2,1H3,(H,11,14). The third-order valence-corrected chi connectivity index (χ3v) is 7.72. The summed E-state index contributed by atoms with van der Waals surface area (Å²) in [4.78, 5) is 10.8. The summed E-state index contributed by atoms with van der Waals surface area (Å²) >= 11 is 13.6. The van der Waals surface area contributed by atoms with Crippen molar-refractivity contribution in [2.45, 2.75) is 11.8 Å². The lowest BCUT2D eigenvalue weighted by atomic mass is 10.4. The molecule has 1 aromatic carbocycles. The third kappa shape index (κ3) is 5.92. The van der Waals surface area contributed by atoms with E-state index in [1.54, 1.807) is 11.8 Å². The summed E-state index contributed by atoms with van der Waals surface area (Å²) in [5, 5.41) is 1.40. The van der Waals surface area contributed by atoms with Gasteiger partial charge in [-0.2, -0.15) is 0 Å². The molecule has 0 aliphatic carbocycles. The van der Waals surface area contributed by atoms with Gasteiger partial charge in [0, 0.05) is 9.92 Å². The lowest BCUT2D eigenvalue weighted by molar-refractivity contribution is 0.341. The first-order valence-corrected chi connectivity index (χ1v) is 10.2. The molecule has 0 aromatic heterocycles. The summed E-state index contributed by atoms with van der Waals surface area (Å²) in [6, 6.07) is 7.56. The molecule has 0 saturated carbocycles. The second-order valence-electron chi connectivity index (χ2n) is 2.73. The van der Waals surface area contributed by atoms with Gasteiger partial charge in [0.05, 0.1) is 11.7 Å². The molecule has 1 aromatic rings. The first kappa shape index (κ1) is 14.8. The zero-order chi connectivity index (χ0) is 12.0. The molecule has 0 aliphatic rings. The molecule has 16 heavy (non-hydrogen) atoms. The summed E-state index contributed by atoms with van der Waals surface area (Å²) in [6.45, 7) is 2.27. The van der Waals surface area contributed by atoms with Gasteiger partial charge in [0.1, 0.15) is 0 Å². The summed E-state index contributed by atoms with van der Waals surface area (Å²) in [5.41, 5.74) is -2.64. The summed E-state index contributed by atoms with van der Waals surface area (Å²) in [6.07, 6.45) is 0. The highest BCUT2D eigenvalue weighted by Crippen LogP contribution is 2.57. The van der Waals surface area contributed by atoms with E-state index in [2.05, 4.69) is 0 Å². The lowest BCUT2D eigenvalue weighted by Crippen LogP contribution is -1.84. The van der Waals surface area contributed by atoms with Crippen LogP contribution in [-0.2, 0) is 16.3 Å². The van der Waals surface area contributed by atoms with E-state index in [4.69, 9.17) is 27.9 Å². The minimum Gasteiger partial charge on any atom is -0.337 e. The highest BCUT2D eigenvalue weighted by molar-refractivity contribution is 8.69. The molecule has 0 amide bonds. The number of hydrogen-bond acceptors (Lipinski definition) is 4. The van der Waals surface area contributed by atoms with Crippen LogP contribution in [0.3, 0.4) is 0 Å². The fraction of sp³-hybridized carbons (Fsp3) is 0.333. The minimum atomic E-state index is -2.64. The number of benzene rings is 1. The van der Waals surface area contributed by atoms with Gasteiger partial charge in [-0.05, 0) is 43.0 Å². The number of hydrogen-bond donors (Lipinski definition) is 1. The molecule has 0 fully saturated rings. The first-order valence-electron chi connectivity index (χ1n) is 4.54. The molecule has 90 valence electrons. The molecule has 0 saturated heterocycles. The maximum absolute atomic E-state index is 9.67. The Bertz CT molecular complexity index is 372. The molecule has 1 rings (SSSR count). The van der Waals surface area contributed by atoms with Crippen LogP contribution in [0.15, 0.2) is 29.2 Å². The molecule has 0 bridgehead atoms. The molecule has 0 radical (unpaired) electrons. The van der Waals surface area contributed by atoms with E-state index in [0.717, 1.165) is 9.92 Å². The van der Waals surface area contributed by atoms with Crippen LogP contribution in [0.25, 0.3) is 0 Å². The topological polar surface area (TPSA) is 29.5 Å². The third-order valence-electron chi connectivity index (χ3n) is 1.55. The normalized spacial score (nSPS) is 14.7. The van der Waals surface area contributed by atoms with Crippen LogP contribution in [0, 0.1) is 0 Å². The van der Waals surface area contributed by atoms with Crippen molar-refractivity contribution in [3.8, 4) is 0 Å². The first-order chi connectivity index (χ1) is 7.53. The van der Waals surface area contributed by atoms with Gasteiger partial charge < -0.3 is 9.42 Å². The Morgan fingerprint density at radius 3 is 2.62 bits per heavy atom. The fourth-order valence-corrected chi connectivity index (χ4v) is 6.73. The summed E-state index contributed by atoms with van der Waals surface area (Å²) in [5.74, 6) is 0. The van der Waals surface area contributed by atoms with Crippen LogP contribution >= 0.6 is 40.4 Å². The maximum atomic E-state index is 9.67. The van der Waals surface area contributed by atoms with E-state index >= 15 is 0 Å². The zero-order valence-electron chi connectivity index (χ0n) is 8.63. The van der Waals surface area contributed by atoms with Crippen molar-refractivity contribution in [3.63, 3.8) is 0 Å². The lowest BCUT2D eigenvalue weighted by Gasteiger charge is -2.12. The zero-order valence-corrected chi connectivity index (χ0v) is 12.7. The Hall–Kier alpha value is 0.780. The van der Waals surface area contributed by atoms with Crippen LogP contribution in [0.4, 0.5) is 0 Å². The Kier molecular flexibility index (Phi) is 6.74. The van der Waals surface area contributed by atoms with Gasteiger partial charge in [-0.3, -0.25) is 0 Å². The van der Waals surface area contributed by atoms with Crippen molar-refractivity contribution in [2.24, 2.45) is 0 Å². The van der Waals surface area contributed by atoms with Crippen molar-refractivity contribution in [2.75, 3.05) is 11.7 Å². The fourth-order valence-electron chi connectivity index (χ4n) is 0.892. The average molecular weight is 315 g/mol. The van der Waals surface area contributed by atoms with Crippen LogP contribution in [-0.4, -0.2) is 16.6 Å². The highest BCUT2D eigenvalue weighted by atomic mass is 35.5. The molecular formula is C9H12ClO2PS3. The van der Waals surface area contributed by atoms with Gasteiger partial charge in [0.2, 0.25) is 5.69 Å². The van der Waals surface area contributed by atoms with E-state index < -0.39 is 5.69 Å². The van der Waals surface area contributed by atoms with E-state index in [0.29, 0.717) is 11.7 Å². The molecule has 0 aliphatic heterocycles. The van der Waals surface area contributed by atoms with E-state index in [1.807, 2.05) is 31.2 Å². The largest absolute Gasteiger partial charge is 0.337 e. The second-order valence-corrected chi connectivity index (χ2v) is 10.8. The Labute approximate surface area is 114 Å². The van der Waals surface area contributed by atoms with Gasteiger partial charge >= 0.3 is 0 Å². The van der Waals surface area contributed by atoms with E-state index in [-0.39, 0.29) is 0 Å². The van der Waals surface area contributed by atoms with Crippen molar-refractivity contribution in [1.29, 1.82) is 0 Å². The number of rotatable bonds is 6. The van der Waals surface area contributed by atoms with Gasteiger partial charge in [-0.1, -0.05) is 23.0 Å². The molecule has 1 N–H and O–H groups in total. The Balaban J connectivity index is 2.35. The van der Waals surface area contributed by atoms with Crippen molar-refractivity contribution in [1.82, 2.24) is 0 Å². The Morgan fingerprint density at radius 2 is 2.06 bits per heavy atom. The van der Waals surface area contributed by atoms with E-state index in [1.165, 1.54) is 11.4 Å². The molecule has 0 spiro atoms. The van der Waals surface area contributed by atoms with Crippen molar-refractivity contribution in [3.05, 3.63) is 29.3 Å². The van der Waals surface area contributed by atoms with Crippen LogP contribution < -0.4 is 0 Å². The smallest absolute Gasteiger partial charge is 0.245 e. The predicted octanol–water partition coefficient (Wildman–Crippen LogP) is 4.38. The van der Waals surface area contributed by atoms with Crippen LogP contribution in [0.2, 0.25) is 5.02 Å². The van der Waals surface area contributed by atoms with Crippen LogP contribution in [0.1, 0.15) is 6.92 Å². The van der Waals surface area contributed by atoms with Crippen molar-refractivity contribution >= 4 is 52.2 Å². The number of halogens is 1. The average Bonchev–Trinajstić information content (AvgIpc) is 2.20. The van der Waals surface area contributed by atoms with Gasteiger partial charge in [0.25, 0.3) is 0 Å². The van der Waals surface area contributed by atoms with Gasteiger partial charge in [-0.25, -0.2) is 0 Å². The molecule has 1 atom stereocenters. The van der Waals surface area contributed by atoms with Gasteiger partial charge in [-0.15, -0.1) is 11.8 Å². The number of thioether (sulfide) groups is 1. The monoisotopic (exact) mass is 314 g/mol. The van der Waals surface area contributed by atoms with Gasteiger partial charge in [0.15, 0.2) is 0 Å². The molecule has 1 unspecified atom stereocenters. The predicted molar refractivity (Wildman–Crippen MR) is 77.9 cm³/mol. The summed E-state index contributed by atoms with van der Waals surface area (Å²) in [7, 11) is 0.